The molecule has 0 N–H and O–H groups in total. The Balaban J connectivity index is 1.99. The van der Waals surface area contributed by atoms with E-state index in [2.05, 4.69) is 42.5 Å². The van der Waals surface area contributed by atoms with E-state index in [0.717, 1.165) is 0 Å². The average molecular weight is 230 g/mol. The van der Waals surface area contributed by atoms with Gasteiger partial charge >= 0.3 is 0 Å². The van der Waals surface area contributed by atoms with Crippen molar-refractivity contribution in [1.82, 2.24) is 0 Å². The van der Waals surface area contributed by atoms with E-state index < -0.39 is 0 Å². The summed E-state index contributed by atoms with van der Waals surface area (Å²) < 4.78 is 11.3. The Hall–Kier alpha value is -1.12. The number of ether oxygens (including phenoxy) is 2. The van der Waals surface area contributed by atoms with E-state index in [0.29, 0.717) is 18.6 Å². The number of benzene rings is 1. The van der Waals surface area contributed by atoms with Crippen molar-refractivity contribution in [3.05, 3.63) is 48.0 Å². The molecule has 0 radical (unpaired) electrons. The summed E-state index contributed by atoms with van der Waals surface area (Å²) in [6.45, 7) is 0.365. The Labute approximate surface area is 102 Å². The molecule has 0 aromatic heterocycles. The van der Waals surface area contributed by atoms with Gasteiger partial charge in [-0.15, -0.1) is 0 Å². The highest BCUT2D eigenvalue weighted by atomic mass is 16.7. The normalized spacial score (nSPS) is 34.4. The first-order valence-corrected chi connectivity index (χ1v) is 6.24. The number of fused-ring (bicyclic) bond motifs is 2. The Morgan fingerprint density at radius 1 is 1.12 bits per heavy atom. The summed E-state index contributed by atoms with van der Waals surface area (Å²) in [6.07, 6.45) is 7.08. The molecule has 2 aliphatic rings. The zero-order chi connectivity index (χ0) is 11.7. The van der Waals surface area contributed by atoms with Crippen molar-refractivity contribution in [3.63, 3.8) is 0 Å². The highest BCUT2D eigenvalue weighted by molar-refractivity contribution is 5.34. The Morgan fingerprint density at radius 3 is 2.29 bits per heavy atom. The fourth-order valence-corrected chi connectivity index (χ4v) is 3.39. The van der Waals surface area contributed by atoms with Crippen LogP contribution in [-0.2, 0) is 15.1 Å². The summed E-state index contributed by atoms with van der Waals surface area (Å²) in [5.41, 5.74) is 1.12. The van der Waals surface area contributed by atoms with Gasteiger partial charge in [-0.2, -0.15) is 0 Å². The Bertz CT molecular complexity index is 396. The topological polar surface area (TPSA) is 18.5 Å². The Kier molecular flexibility index (Phi) is 2.77. The van der Waals surface area contributed by atoms with E-state index in [1.165, 1.54) is 18.4 Å². The molecule has 2 bridgehead atoms. The van der Waals surface area contributed by atoms with E-state index in [1.807, 2.05) is 0 Å². The summed E-state index contributed by atoms with van der Waals surface area (Å²) in [4.78, 5) is 0. The molecule has 2 unspecified atom stereocenters. The smallest absolute Gasteiger partial charge is 0.147 e. The molecule has 1 saturated carbocycles. The van der Waals surface area contributed by atoms with Crippen molar-refractivity contribution in [2.24, 2.45) is 11.8 Å². The van der Waals surface area contributed by atoms with Gasteiger partial charge < -0.3 is 9.47 Å². The molecule has 2 atom stereocenters. The van der Waals surface area contributed by atoms with Crippen LogP contribution in [0, 0.1) is 11.8 Å². The van der Waals surface area contributed by atoms with E-state index in [9.17, 15) is 0 Å². The van der Waals surface area contributed by atoms with Crippen LogP contribution in [0.4, 0.5) is 0 Å². The van der Waals surface area contributed by atoms with Crippen molar-refractivity contribution in [1.29, 1.82) is 0 Å². The molecule has 2 heteroatoms. The maximum atomic E-state index is 6.13. The Morgan fingerprint density at radius 2 is 1.76 bits per heavy atom. The minimum absolute atomic E-state index is 0.169. The van der Waals surface area contributed by atoms with Gasteiger partial charge in [0.05, 0.1) is 0 Å². The van der Waals surface area contributed by atoms with Gasteiger partial charge in [0.25, 0.3) is 0 Å². The van der Waals surface area contributed by atoms with E-state index in [4.69, 9.17) is 9.47 Å². The molecule has 0 amide bonds. The molecule has 0 heterocycles. The lowest BCUT2D eigenvalue weighted by Gasteiger charge is -2.35. The maximum Gasteiger partial charge on any atom is 0.147 e. The van der Waals surface area contributed by atoms with E-state index in [-0.39, 0.29) is 5.60 Å². The summed E-state index contributed by atoms with van der Waals surface area (Å²) in [5, 5.41) is 0. The summed E-state index contributed by atoms with van der Waals surface area (Å²) in [7, 11) is 1.68. The zero-order valence-electron chi connectivity index (χ0n) is 10.1. The van der Waals surface area contributed by atoms with Gasteiger partial charge in [-0.1, -0.05) is 42.5 Å². The van der Waals surface area contributed by atoms with Crippen molar-refractivity contribution in [2.75, 3.05) is 13.9 Å². The highest BCUT2D eigenvalue weighted by Gasteiger charge is 2.53. The van der Waals surface area contributed by atoms with Crippen LogP contribution in [0.1, 0.15) is 18.4 Å². The summed E-state index contributed by atoms with van der Waals surface area (Å²) in [6, 6.07) is 10.6. The first kappa shape index (κ1) is 11.0. The maximum absolute atomic E-state index is 6.13. The number of hydrogen-bond acceptors (Lipinski definition) is 2. The first-order chi connectivity index (χ1) is 8.38. The molecule has 90 valence electrons. The lowest BCUT2D eigenvalue weighted by atomic mass is 9.83. The van der Waals surface area contributed by atoms with Crippen LogP contribution >= 0.6 is 0 Å². The molecule has 0 aliphatic heterocycles. The number of rotatable bonds is 4. The molecule has 1 fully saturated rings. The van der Waals surface area contributed by atoms with Gasteiger partial charge in [0.1, 0.15) is 12.4 Å². The molecule has 1 aromatic carbocycles. The fraction of sp³-hybridized carbons (Fsp3) is 0.467. The standard InChI is InChI=1S/C15H18O2/c1-16-11-17-15(12-5-3-2-4-6-12)13-7-8-14(15)10-9-13/h2-8,13-14H,9-11H2,1H3. The van der Waals surface area contributed by atoms with Crippen LogP contribution in [0.5, 0.6) is 0 Å². The van der Waals surface area contributed by atoms with Crippen LogP contribution in [0.2, 0.25) is 0 Å². The van der Waals surface area contributed by atoms with Crippen molar-refractivity contribution in [2.45, 2.75) is 18.4 Å². The second-order valence-corrected chi connectivity index (χ2v) is 4.89. The third-order valence-electron chi connectivity index (χ3n) is 4.11. The van der Waals surface area contributed by atoms with Gasteiger partial charge in [-0.25, -0.2) is 0 Å². The number of methoxy groups -OCH3 is 1. The molecule has 0 saturated heterocycles. The van der Waals surface area contributed by atoms with Crippen molar-refractivity contribution >= 4 is 0 Å². The van der Waals surface area contributed by atoms with Gasteiger partial charge in [0.15, 0.2) is 0 Å². The molecule has 1 aromatic rings. The van der Waals surface area contributed by atoms with Crippen LogP contribution in [0.3, 0.4) is 0 Å². The second-order valence-electron chi connectivity index (χ2n) is 4.89. The minimum Gasteiger partial charge on any atom is -0.359 e. The minimum atomic E-state index is -0.169. The molecule has 0 spiro atoms. The number of hydrogen-bond donors (Lipinski definition) is 0. The average Bonchev–Trinajstić information content (AvgIpc) is 2.93. The van der Waals surface area contributed by atoms with Crippen LogP contribution in [-0.4, -0.2) is 13.9 Å². The molecular weight excluding hydrogens is 212 g/mol. The van der Waals surface area contributed by atoms with E-state index >= 15 is 0 Å². The van der Waals surface area contributed by atoms with Crippen LogP contribution in [0.25, 0.3) is 0 Å². The quantitative estimate of drug-likeness (QED) is 0.584. The monoisotopic (exact) mass is 230 g/mol. The zero-order valence-corrected chi connectivity index (χ0v) is 10.1. The van der Waals surface area contributed by atoms with Gasteiger partial charge in [-0.3, -0.25) is 0 Å². The molecular formula is C15H18O2. The third-order valence-corrected chi connectivity index (χ3v) is 4.11. The predicted octanol–water partition coefficient (Wildman–Crippen LogP) is 3.10. The SMILES string of the molecule is COCOC1(c2ccccc2)C2C=CC1CC2. The largest absolute Gasteiger partial charge is 0.359 e. The summed E-state index contributed by atoms with van der Waals surface area (Å²) in [5.74, 6) is 1.01. The predicted molar refractivity (Wildman–Crippen MR) is 66.4 cm³/mol. The first-order valence-electron chi connectivity index (χ1n) is 6.24. The van der Waals surface area contributed by atoms with Gasteiger partial charge in [-0.05, 0) is 18.4 Å². The fourth-order valence-electron chi connectivity index (χ4n) is 3.39. The van der Waals surface area contributed by atoms with Crippen LogP contribution < -0.4 is 0 Å². The third kappa shape index (κ3) is 1.55. The van der Waals surface area contributed by atoms with Gasteiger partial charge in [0, 0.05) is 18.9 Å². The van der Waals surface area contributed by atoms with Crippen molar-refractivity contribution in [3.8, 4) is 0 Å². The molecule has 17 heavy (non-hydrogen) atoms. The summed E-state index contributed by atoms with van der Waals surface area (Å²) >= 11 is 0. The lowest BCUT2D eigenvalue weighted by Crippen LogP contribution is -2.36. The molecule has 3 rings (SSSR count). The highest BCUT2D eigenvalue weighted by Crippen LogP contribution is 2.55. The molecule has 2 aliphatic carbocycles. The van der Waals surface area contributed by atoms with E-state index in [1.54, 1.807) is 7.11 Å². The van der Waals surface area contributed by atoms with Gasteiger partial charge in [0.2, 0.25) is 0 Å². The lowest BCUT2D eigenvalue weighted by molar-refractivity contribution is -0.154. The van der Waals surface area contributed by atoms with Crippen molar-refractivity contribution < 1.29 is 9.47 Å². The molecule has 2 nitrogen and oxygen atoms in total. The second kappa shape index (κ2) is 4.28. The van der Waals surface area contributed by atoms with Crippen LogP contribution in [0.15, 0.2) is 42.5 Å².